The highest BCUT2D eigenvalue weighted by molar-refractivity contribution is 9.11. The third-order valence-electron chi connectivity index (χ3n) is 3.28. The number of nitrogens with zero attached hydrogens (tertiary/aromatic N) is 1. The molecule has 0 bridgehead atoms. The second-order valence-electron chi connectivity index (χ2n) is 6.03. The first-order valence-electron chi connectivity index (χ1n) is 6.81. The minimum absolute atomic E-state index is 0.0564. The van der Waals surface area contributed by atoms with Crippen molar-refractivity contribution < 1.29 is 14.3 Å². The molecular weight excluding hydrogens is 354 g/mol. The molecule has 0 unspecified atom stereocenters. The lowest BCUT2D eigenvalue weighted by Gasteiger charge is -2.18. The van der Waals surface area contributed by atoms with Gasteiger partial charge in [-0.3, -0.25) is 4.79 Å². The van der Waals surface area contributed by atoms with E-state index in [-0.39, 0.29) is 5.78 Å². The average Bonchev–Trinajstić information content (AvgIpc) is 2.64. The van der Waals surface area contributed by atoms with Crippen LogP contribution >= 0.6 is 27.3 Å². The Hall–Kier alpha value is -1.14. The first-order valence-corrected chi connectivity index (χ1v) is 8.42. The molecule has 0 fully saturated rings. The number of ether oxygens (including phenoxy) is 2. The molecule has 0 radical (unpaired) electrons. The lowest BCUT2D eigenvalue weighted by Crippen LogP contribution is -2.20. The van der Waals surface area contributed by atoms with E-state index in [0.29, 0.717) is 35.8 Å². The second-order valence-corrected chi connectivity index (χ2v) is 8.30. The Balaban J connectivity index is 2.28. The molecule has 6 heteroatoms. The molecule has 2 aromatic rings. The first-order chi connectivity index (χ1) is 9.88. The van der Waals surface area contributed by atoms with Crippen molar-refractivity contribution in [2.75, 3.05) is 13.2 Å². The number of carbonyl (C=O) groups excluding carboxylic acids is 1. The predicted molar refractivity (Wildman–Crippen MR) is 86.7 cm³/mol. The predicted octanol–water partition coefficient (Wildman–Crippen LogP) is 4.45. The van der Waals surface area contributed by atoms with Crippen LogP contribution in [0.15, 0.2) is 9.98 Å². The zero-order chi connectivity index (χ0) is 15.2. The van der Waals surface area contributed by atoms with Crippen LogP contribution in [0.4, 0.5) is 0 Å². The highest BCUT2D eigenvalue weighted by atomic mass is 79.9. The molecule has 1 aliphatic heterocycles. The van der Waals surface area contributed by atoms with Gasteiger partial charge in [-0.2, -0.15) is 0 Å². The van der Waals surface area contributed by atoms with Gasteiger partial charge < -0.3 is 9.47 Å². The van der Waals surface area contributed by atoms with Crippen LogP contribution in [0.2, 0.25) is 0 Å². The van der Waals surface area contributed by atoms with E-state index < -0.39 is 5.41 Å². The van der Waals surface area contributed by atoms with Gasteiger partial charge in [0.15, 0.2) is 21.2 Å². The van der Waals surface area contributed by atoms with E-state index in [9.17, 15) is 4.79 Å². The fourth-order valence-corrected chi connectivity index (χ4v) is 3.72. The molecule has 1 aromatic carbocycles. The summed E-state index contributed by atoms with van der Waals surface area (Å²) in [5.74, 6) is 1.40. The number of halogens is 1. The number of fused-ring (bicyclic) bond motifs is 3. The van der Waals surface area contributed by atoms with Gasteiger partial charge in [0.25, 0.3) is 0 Å². The number of thiazole rings is 1. The number of rotatable bonds is 1. The monoisotopic (exact) mass is 369 g/mol. The third-order valence-corrected chi connectivity index (χ3v) is 4.79. The summed E-state index contributed by atoms with van der Waals surface area (Å²) in [7, 11) is 0. The van der Waals surface area contributed by atoms with E-state index in [1.165, 1.54) is 11.3 Å². The number of Topliss-reactive ketones (excluding diaryl/α,β-unsaturated/α-hetero) is 1. The van der Waals surface area contributed by atoms with Crippen LogP contribution in [-0.2, 0) is 0 Å². The molecule has 3 rings (SSSR count). The molecule has 21 heavy (non-hydrogen) atoms. The van der Waals surface area contributed by atoms with Crippen LogP contribution in [0.3, 0.4) is 0 Å². The van der Waals surface area contributed by atoms with Crippen LogP contribution in [0.5, 0.6) is 11.5 Å². The zero-order valence-electron chi connectivity index (χ0n) is 12.2. The Morgan fingerprint density at radius 1 is 1.33 bits per heavy atom. The van der Waals surface area contributed by atoms with Crippen molar-refractivity contribution in [3.63, 3.8) is 0 Å². The molecule has 4 nitrogen and oxygen atoms in total. The van der Waals surface area contributed by atoms with Crippen LogP contribution in [0.25, 0.3) is 10.2 Å². The Labute approximate surface area is 135 Å². The molecular formula is C15H16BrNO3S. The Morgan fingerprint density at radius 2 is 2.05 bits per heavy atom. The quantitative estimate of drug-likeness (QED) is 0.696. The number of benzene rings is 1. The molecule has 0 saturated carbocycles. The number of hydrogen-bond acceptors (Lipinski definition) is 5. The summed E-state index contributed by atoms with van der Waals surface area (Å²) in [4.78, 5) is 17.2. The van der Waals surface area contributed by atoms with Crippen molar-refractivity contribution in [3.8, 4) is 11.5 Å². The average molecular weight is 370 g/mol. The molecule has 112 valence electrons. The van der Waals surface area contributed by atoms with Crippen LogP contribution in [-0.4, -0.2) is 24.0 Å². The van der Waals surface area contributed by atoms with Gasteiger partial charge in [0, 0.05) is 17.4 Å². The van der Waals surface area contributed by atoms with Gasteiger partial charge in [-0.15, -0.1) is 11.3 Å². The molecule has 0 spiro atoms. The standard InChI is InChI=1S/C15H16BrNO3S/c1-15(2,3)13(18)8-7-9-11(20-6-4-5-19-9)12-10(8)17-14(16)21-12/h7H,4-6H2,1-3H3. The summed E-state index contributed by atoms with van der Waals surface area (Å²) in [6.07, 6.45) is 0.832. The lowest BCUT2D eigenvalue weighted by molar-refractivity contribution is 0.0859. The second kappa shape index (κ2) is 5.25. The van der Waals surface area contributed by atoms with E-state index in [0.717, 1.165) is 15.0 Å². The van der Waals surface area contributed by atoms with Crippen molar-refractivity contribution in [2.24, 2.45) is 5.41 Å². The van der Waals surface area contributed by atoms with Gasteiger partial charge in [-0.1, -0.05) is 20.8 Å². The molecule has 0 N–H and O–H groups in total. The summed E-state index contributed by atoms with van der Waals surface area (Å²) >= 11 is 4.87. The minimum Gasteiger partial charge on any atom is -0.489 e. The van der Waals surface area contributed by atoms with Crippen molar-refractivity contribution in [2.45, 2.75) is 27.2 Å². The SMILES string of the molecule is CC(C)(C)C(=O)c1cc2c(c3sc(Br)nc13)OCCCO2. The molecule has 1 aliphatic rings. The molecule has 0 saturated heterocycles. The van der Waals surface area contributed by atoms with E-state index in [1.54, 1.807) is 6.07 Å². The van der Waals surface area contributed by atoms with Gasteiger partial charge in [-0.25, -0.2) is 4.98 Å². The lowest BCUT2D eigenvalue weighted by atomic mass is 9.86. The number of hydrogen-bond donors (Lipinski definition) is 0. The van der Waals surface area contributed by atoms with Crippen LogP contribution < -0.4 is 9.47 Å². The van der Waals surface area contributed by atoms with Crippen molar-refractivity contribution in [1.82, 2.24) is 4.98 Å². The number of aromatic nitrogens is 1. The van der Waals surface area contributed by atoms with Gasteiger partial charge in [0.05, 0.1) is 18.7 Å². The topological polar surface area (TPSA) is 48.4 Å². The summed E-state index contributed by atoms with van der Waals surface area (Å²) in [6.45, 7) is 6.94. The van der Waals surface area contributed by atoms with E-state index >= 15 is 0 Å². The smallest absolute Gasteiger partial charge is 0.180 e. The summed E-state index contributed by atoms with van der Waals surface area (Å²) in [5, 5.41) is 0. The van der Waals surface area contributed by atoms with Gasteiger partial charge in [0.1, 0.15) is 4.70 Å². The first kappa shape index (κ1) is 14.8. The maximum absolute atomic E-state index is 12.7. The third kappa shape index (κ3) is 2.66. The van der Waals surface area contributed by atoms with Gasteiger partial charge in [-0.05, 0) is 22.0 Å². The number of ketones is 1. The highest BCUT2D eigenvalue weighted by Crippen LogP contribution is 2.44. The van der Waals surface area contributed by atoms with E-state index in [4.69, 9.17) is 9.47 Å². The number of carbonyl (C=O) groups is 1. The van der Waals surface area contributed by atoms with E-state index in [2.05, 4.69) is 20.9 Å². The fraction of sp³-hybridized carbons (Fsp3) is 0.467. The highest BCUT2D eigenvalue weighted by Gasteiger charge is 2.29. The van der Waals surface area contributed by atoms with E-state index in [1.807, 2.05) is 20.8 Å². The van der Waals surface area contributed by atoms with Crippen LogP contribution in [0.1, 0.15) is 37.6 Å². The molecule has 0 aliphatic carbocycles. The largest absolute Gasteiger partial charge is 0.489 e. The van der Waals surface area contributed by atoms with Crippen LogP contribution in [0, 0.1) is 5.41 Å². The normalized spacial score (nSPS) is 15.0. The minimum atomic E-state index is -0.469. The Kier molecular flexibility index (Phi) is 3.69. The summed E-state index contributed by atoms with van der Waals surface area (Å²) in [6, 6.07) is 1.78. The molecule has 0 atom stereocenters. The summed E-state index contributed by atoms with van der Waals surface area (Å²) in [5.41, 5.74) is 0.822. The van der Waals surface area contributed by atoms with Gasteiger partial charge in [0.2, 0.25) is 0 Å². The zero-order valence-corrected chi connectivity index (χ0v) is 14.6. The Bertz CT molecular complexity index is 718. The molecule has 2 heterocycles. The van der Waals surface area contributed by atoms with Crippen molar-refractivity contribution in [1.29, 1.82) is 0 Å². The molecule has 0 amide bonds. The molecule has 1 aromatic heterocycles. The maximum Gasteiger partial charge on any atom is 0.180 e. The van der Waals surface area contributed by atoms with Crippen molar-refractivity contribution >= 4 is 43.3 Å². The maximum atomic E-state index is 12.7. The fourth-order valence-electron chi connectivity index (χ4n) is 2.24. The van der Waals surface area contributed by atoms with Gasteiger partial charge >= 0.3 is 0 Å². The summed E-state index contributed by atoms with van der Waals surface area (Å²) < 4.78 is 13.2. The Morgan fingerprint density at radius 3 is 2.76 bits per heavy atom. The van der Waals surface area contributed by atoms with Crippen molar-refractivity contribution in [3.05, 3.63) is 15.5 Å².